The molecule has 2 N–H and O–H groups in total. The van der Waals surface area contributed by atoms with Gasteiger partial charge in [0.25, 0.3) is 0 Å². The molecule has 0 radical (unpaired) electrons. The molecule has 3 heterocycles. The third kappa shape index (κ3) is 4.96. The Morgan fingerprint density at radius 1 is 1.21 bits per heavy atom. The predicted molar refractivity (Wildman–Crippen MR) is 113 cm³/mol. The van der Waals surface area contributed by atoms with Gasteiger partial charge in [-0.15, -0.1) is 0 Å². The molecule has 0 saturated heterocycles. The van der Waals surface area contributed by atoms with Gasteiger partial charge < -0.3 is 14.9 Å². The van der Waals surface area contributed by atoms with Crippen molar-refractivity contribution in [3.8, 4) is 11.4 Å². The summed E-state index contributed by atoms with van der Waals surface area (Å²) in [5, 5.41) is 22.7. The third-order valence-electron chi connectivity index (χ3n) is 5.08. The average Bonchev–Trinajstić information content (AvgIpc) is 3.18. The number of carbonyl (C=O) groups is 1. The van der Waals surface area contributed by atoms with Crippen molar-refractivity contribution >= 4 is 28.4 Å². The van der Waals surface area contributed by atoms with Crippen molar-refractivity contribution in [2.75, 3.05) is 31.3 Å². The van der Waals surface area contributed by atoms with Crippen LogP contribution in [-0.4, -0.2) is 68.6 Å². The number of halogens is 3. The minimum Gasteiger partial charge on any atom is -0.465 e. The second-order valence-corrected chi connectivity index (χ2v) is 7.31. The zero-order valence-corrected chi connectivity index (χ0v) is 17.3. The fourth-order valence-corrected chi connectivity index (χ4v) is 3.58. The molecule has 1 amide bonds. The van der Waals surface area contributed by atoms with E-state index in [9.17, 15) is 23.1 Å². The van der Waals surface area contributed by atoms with Gasteiger partial charge in [0.1, 0.15) is 6.54 Å². The lowest BCUT2D eigenvalue weighted by Gasteiger charge is -2.18. The molecule has 2 aromatic heterocycles. The summed E-state index contributed by atoms with van der Waals surface area (Å²) in [5.41, 5.74) is 2.19. The van der Waals surface area contributed by atoms with Gasteiger partial charge in [0.15, 0.2) is 11.5 Å². The van der Waals surface area contributed by atoms with Gasteiger partial charge in [-0.3, -0.25) is 4.90 Å². The lowest BCUT2D eigenvalue weighted by molar-refractivity contribution is -0.141. The summed E-state index contributed by atoms with van der Waals surface area (Å²) >= 11 is 0. The highest BCUT2D eigenvalue weighted by Gasteiger charge is 2.30. The minimum atomic E-state index is -4.48. The summed E-state index contributed by atoms with van der Waals surface area (Å²) in [7, 11) is 0. The predicted octanol–water partition coefficient (Wildman–Crippen LogP) is 3.34. The molecule has 9 nitrogen and oxygen atoms in total. The zero-order chi connectivity index (χ0) is 23.6. The number of hydrogen-bond acceptors (Lipinski definition) is 6. The van der Waals surface area contributed by atoms with Gasteiger partial charge in [-0.1, -0.05) is 6.08 Å². The number of amides is 1. The Kier molecular flexibility index (Phi) is 6.29. The van der Waals surface area contributed by atoms with E-state index < -0.39 is 18.8 Å². The van der Waals surface area contributed by atoms with Crippen molar-refractivity contribution in [2.24, 2.45) is 0 Å². The number of carboxylic acid groups (broad SMARTS) is 1. The molecule has 0 saturated carbocycles. The maximum absolute atomic E-state index is 13.1. The Hall–Kier alpha value is -3.51. The molecule has 0 atom stereocenters. The summed E-state index contributed by atoms with van der Waals surface area (Å²) in [6, 6.07) is 6.20. The molecular formula is C21H20F3N5O4. The first-order chi connectivity index (χ1) is 15.8. The molecule has 1 aliphatic heterocycles. The number of rotatable bonds is 6. The Balaban J connectivity index is 1.80. The second-order valence-electron chi connectivity index (χ2n) is 7.31. The van der Waals surface area contributed by atoms with Crippen molar-refractivity contribution < 1.29 is 32.9 Å². The summed E-state index contributed by atoms with van der Waals surface area (Å²) in [4.78, 5) is 21.3. The van der Waals surface area contributed by atoms with Gasteiger partial charge in [0, 0.05) is 11.3 Å². The number of nitrogens with zero attached hydrogens (tertiary/aromatic N) is 5. The molecule has 1 aromatic carbocycles. The molecular weight excluding hydrogens is 443 g/mol. The number of benzene rings is 1. The van der Waals surface area contributed by atoms with E-state index in [2.05, 4.69) is 15.1 Å². The van der Waals surface area contributed by atoms with Crippen LogP contribution in [0.15, 0.2) is 36.5 Å². The number of ether oxygens (including phenoxy) is 1. The van der Waals surface area contributed by atoms with E-state index in [1.54, 1.807) is 12.1 Å². The van der Waals surface area contributed by atoms with Crippen LogP contribution in [-0.2, 0) is 11.3 Å². The third-order valence-corrected chi connectivity index (χ3v) is 5.08. The highest BCUT2D eigenvalue weighted by Crippen LogP contribution is 2.31. The average molecular weight is 463 g/mol. The van der Waals surface area contributed by atoms with Gasteiger partial charge >= 0.3 is 12.3 Å². The standard InChI is InChI=1S/C21H20F3N5O4/c22-21(23,24)12-29-19-16(11-25-29)17(13-5-9-33-10-6-13)26-18(27-19)14-1-3-15(4-2-14)28(7-8-30)20(31)32/h1-5,11,30H,6-10,12H2,(H,31,32). The second kappa shape index (κ2) is 9.16. The van der Waals surface area contributed by atoms with Gasteiger partial charge in [-0.05, 0) is 36.3 Å². The van der Waals surface area contributed by atoms with E-state index >= 15 is 0 Å². The molecule has 12 heteroatoms. The maximum Gasteiger partial charge on any atom is 0.411 e. The summed E-state index contributed by atoms with van der Waals surface area (Å²) in [6.45, 7) is -0.902. The first-order valence-electron chi connectivity index (χ1n) is 10.1. The lowest BCUT2D eigenvalue weighted by Crippen LogP contribution is -2.31. The highest BCUT2D eigenvalue weighted by molar-refractivity contribution is 5.90. The van der Waals surface area contributed by atoms with Gasteiger partial charge in [-0.25, -0.2) is 19.4 Å². The van der Waals surface area contributed by atoms with Crippen LogP contribution in [0.2, 0.25) is 0 Å². The number of hydrogen-bond donors (Lipinski definition) is 2. The van der Waals surface area contributed by atoms with Crippen LogP contribution in [0.5, 0.6) is 0 Å². The number of fused-ring (bicyclic) bond motifs is 1. The van der Waals surface area contributed by atoms with E-state index in [0.717, 1.165) is 15.2 Å². The Morgan fingerprint density at radius 2 is 1.97 bits per heavy atom. The van der Waals surface area contributed by atoms with E-state index in [0.29, 0.717) is 42.0 Å². The quantitative estimate of drug-likeness (QED) is 0.576. The Morgan fingerprint density at radius 3 is 2.58 bits per heavy atom. The van der Waals surface area contributed by atoms with Crippen LogP contribution in [0, 0.1) is 0 Å². The summed E-state index contributed by atoms with van der Waals surface area (Å²) < 4.78 is 45.3. The van der Waals surface area contributed by atoms with Crippen LogP contribution in [0.3, 0.4) is 0 Å². The molecule has 0 unspecified atom stereocenters. The maximum atomic E-state index is 13.1. The summed E-state index contributed by atoms with van der Waals surface area (Å²) in [6.07, 6.45) is -1.99. The van der Waals surface area contributed by atoms with Gasteiger partial charge in [-0.2, -0.15) is 18.3 Å². The van der Waals surface area contributed by atoms with Crippen molar-refractivity contribution in [3.05, 3.63) is 42.2 Å². The molecule has 0 spiro atoms. The Labute approximate surface area is 185 Å². The zero-order valence-electron chi connectivity index (χ0n) is 17.3. The summed E-state index contributed by atoms with van der Waals surface area (Å²) in [5.74, 6) is 0.185. The number of aliphatic hydroxyl groups is 1. The normalized spacial score (nSPS) is 14.4. The molecule has 0 aliphatic carbocycles. The fourth-order valence-electron chi connectivity index (χ4n) is 3.58. The topological polar surface area (TPSA) is 114 Å². The van der Waals surface area contributed by atoms with E-state index in [1.165, 1.54) is 18.3 Å². The smallest absolute Gasteiger partial charge is 0.411 e. The van der Waals surface area contributed by atoms with Crippen LogP contribution in [0.1, 0.15) is 12.1 Å². The SMILES string of the molecule is O=C(O)N(CCO)c1ccc(-c2nc(C3=CCOCC3)c3cnn(CC(F)(F)F)c3n2)cc1. The van der Waals surface area contributed by atoms with Crippen LogP contribution < -0.4 is 4.90 Å². The molecule has 0 fully saturated rings. The molecule has 3 aromatic rings. The first kappa shape index (κ1) is 22.7. The van der Waals surface area contributed by atoms with Crippen LogP contribution >= 0.6 is 0 Å². The molecule has 174 valence electrons. The number of anilines is 1. The van der Waals surface area contributed by atoms with Crippen molar-refractivity contribution in [3.63, 3.8) is 0 Å². The van der Waals surface area contributed by atoms with Crippen molar-refractivity contribution in [1.82, 2.24) is 19.7 Å². The Bertz CT molecular complexity index is 1190. The largest absolute Gasteiger partial charge is 0.465 e. The number of aromatic nitrogens is 4. The molecule has 4 rings (SSSR count). The monoisotopic (exact) mass is 463 g/mol. The number of alkyl halides is 3. The minimum absolute atomic E-state index is 0.0521. The number of aliphatic hydroxyl groups excluding tert-OH is 1. The molecule has 1 aliphatic rings. The van der Waals surface area contributed by atoms with E-state index in [4.69, 9.17) is 9.84 Å². The fraction of sp³-hybridized carbons (Fsp3) is 0.333. The van der Waals surface area contributed by atoms with E-state index in [1.807, 2.05) is 6.08 Å². The van der Waals surface area contributed by atoms with Gasteiger partial charge in [0.05, 0.1) is 43.6 Å². The highest BCUT2D eigenvalue weighted by atomic mass is 19.4. The van der Waals surface area contributed by atoms with Crippen LogP contribution in [0.4, 0.5) is 23.7 Å². The van der Waals surface area contributed by atoms with E-state index in [-0.39, 0.29) is 24.6 Å². The molecule has 0 bridgehead atoms. The van der Waals surface area contributed by atoms with Gasteiger partial charge in [0.2, 0.25) is 0 Å². The molecule has 33 heavy (non-hydrogen) atoms. The first-order valence-corrected chi connectivity index (χ1v) is 10.1. The van der Waals surface area contributed by atoms with Crippen molar-refractivity contribution in [2.45, 2.75) is 19.1 Å². The van der Waals surface area contributed by atoms with Crippen LogP contribution in [0.25, 0.3) is 28.0 Å². The lowest BCUT2D eigenvalue weighted by atomic mass is 10.0. The van der Waals surface area contributed by atoms with Crippen molar-refractivity contribution in [1.29, 1.82) is 0 Å².